The Labute approximate surface area is 181 Å². The molecule has 1 atom stereocenters. The van der Waals surface area contributed by atoms with Crippen LogP contribution in [0.15, 0.2) is 60.7 Å². The third kappa shape index (κ3) is 5.09. The van der Waals surface area contributed by atoms with Crippen molar-refractivity contribution in [2.24, 2.45) is 0 Å². The molecule has 0 aromatic heterocycles. The smallest absolute Gasteiger partial charge is 0.325 e. The number of urea groups is 2. The van der Waals surface area contributed by atoms with E-state index in [-0.39, 0.29) is 6.42 Å². The minimum atomic E-state index is -1.33. The van der Waals surface area contributed by atoms with Crippen LogP contribution in [0.4, 0.5) is 9.59 Å². The van der Waals surface area contributed by atoms with Crippen molar-refractivity contribution in [1.82, 2.24) is 20.9 Å². The summed E-state index contributed by atoms with van der Waals surface area (Å²) < 4.78 is 0. The van der Waals surface area contributed by atoms with Crippen LogP contribution in [0.2, 0.25) is 0 Å². The first kappa shape index (κ1) is 22.0. The molecule has 31 heavy (non-hydrogen) atoms. The van der Waals surface area contributed by atoms with Crippen molar-refractivity contribution < 1.29 is 19.2 Å². The molecule has 1 saturated heterocycles. The third-order valence-electron chi connectivity index (χ3n) is 5.12. The molecule has 0 unspecified atom stereocenters. The zero-order valence-electron chi connectivity index (χ0n) is 17.4. The molecule has 1 heterocycles. The fourth-order valence-electron chi connectivity index (χ4n) is 3.54. The van der Waals surface area contributed by atoms with Gasteiger partial charge < -0.3 is 10.6 Å². The molecule has 0 aliphatic carbocycles. The van der Waals surface area contributed by atoms with Crippen molar-refractivity contribution in [3.8, 4) is 0 Å². The van der Waals surface area contributed by atoms with Gasteiger partial charge in [-0.15, -0.1) is 0 Å². The maximum Gasteiger partial charge on any atom is 0.325 e. The van der Waals surface area contributed by atoms with E-state index < -0.39 is 36.0 Å². The molecule has 1 fully saturated rings. The summed E-state index contributed by atoms with van der Waals surface area (Å²) in [7, 11) is 0. The highest BCUT2D eigenvalue weighted by atomic mass is 16.2. The summed E-state index contributed by atoms with van der Waals surface area (Å²) in [6.07, 6.45) is 1.92. The molecule has 8 nitrogen and oxygen atoms in total. The number of imide groups is 2. The summed E-state index contributed by atoms with van der Waals surface area (Å²) in [6.45, 7) is 1.87. The van der Waals surface area contributed by atoms with Crippen LogP contribution in [0.3, 0.4) is 0 Å². The highest BCUT2D eigenvalue weighted by Crippen LogP contribution is 2.32. The highest BCUT2D eigenvalue weighted by molar-refractivity contribution is 6.10. The first-order valence-electron chi connectivity index (χ1n) is 10.3. The quantitative estimate of drug-likeness (QED) is 0.448. The van der Waals surface area contributed by atoms with Gasteiger partial charge in [-0.2, -0.15) is 0 Å². The lowest BCUT2D eigenvalue weighted by atomic mass is 9.83. The van der Waals surface area contributed by atoms with Crippen molar-refractivity contribution in [3.05, 3.63) is 71.8 Å². The number of hydrogen-bond acceptors (Lipinski definition) is 4. The topological polar surface area (TPSA) is 108 Å². The monoisotopic (exact) mass is 422 g/mol. The van der Waals surface area contributed by atoms with Crippen LogP contribution in [0.5, 0.6) is 0 Å². The predicted molar refractivity (Wildman–Crippen MR) is 115 cm³/mol. The van der Waals surface area contributed by atoms with Crippen LogP contribution in [-0.2, 0) is 21.5 Å². The summed E-state index contributed by atoms with van der Waals surface area (Å²) in [6, 6.07) is 17.0. The van der Waals surface area contributed by atoms with Gasteiger partial charge in [0.05, 0.1) is 0 Å². The Morgan fingerprint density at radius 2 is 1.65 bits per heavy atom. The van der Waals surface area contributed by atoms with Crippen molar-refractivity contribution in [3.63, 3.8) is 0 Å². The Kier molecular flexibility index (Phi) is 7.02. The largest absolute Gasteiger partial charge is 0.338 e. The Balaban J connectivity index is 1.78. The van der Waals surface area contributed by atoms with E-state index in [0.717, 1.165) is 23.3 Å². The van der Waals surface area contributed by atoms with Gasteiger partial charge in [-0.05, 0) is 17.5 Å². The van der Waals surface area contributed by atoms with Crippen LogP contribution < -0.4 is 16.0 Å². The second kappa shape index (κ2) is 9.88. The van der Waals surface area contributed by atoms with Gasteiger partial charge in [-0.1, -0.05) is 74.0 Å². The van der Waals surface area contributed by atoms with Gasteiger partial charge in [0, 0.05) is 13.0 Å². The van der Waals surface area contributed by atoms with E-state index >= 15 is 0 Å². The normalized spacial score (nSPS) is 17.9. The number of amides is 6. The van der Waals surface area contributed by atoms with E-state index in [9.17, 15) is 19.2 Å². The zero-order chi connectivity index (χ0) is 22.3. The van der Waals surface area contributed by atoms with Crippen LogP contribution >= 0.6 is 0 Å². The van der Waals surface area contributed by atoms with E-state index in [0.29, 0.717) is 12.1 Å². The highest BCUT2D eigenvalue weighted by Gasteiger charge is 2.52. The van der Waals surface area contributed by atoms with Crippen molar-refractivity contribution >= 4 is 23.9 Å². The number of unbranched alkanes of at least 4 members (excludes halogenated alkanes) is 1. The number of carbonyl (C=O) groups is 4. The van der Waals surface area contributed by atoms with Gasteiger partial charge in [-0.25, -0.2) is 9.59 Å². The Hall–Kier alpha value is -3.68. The first-order valence-corrected chi connectivity index (χ1v) is 10.3. The summed E-state index contributed by atoms with van der Waals surface area (Å²) in [4.78, 5) is 51.1. The lowest BCUT2D eigenvalue weighted by molar-refractivity contribution is -0.135. The molecule has 6 amide bonds. The first-order chi connectivity index (χ1) is 15.0. The minimum Gasteiger partial charge on any atom is -0.338 e. The fourth-order valence-corrected chi connectivity index (χ4v) is 3.54. The Morgan fingerprint density at radius 1 is 1.00 bits per heavy atom. The molecule has 162 valence electrons. The standard InChI is InChI=1S/C23H26N4O4/c1-2-3-14-24-21(30)25-19(28)16-27-20(29)23(26-22(27)31,18-12-8-5-9-13-18)15-17-10-6-4-7-11-17/h4-13H,2-3,14-16H2,1H3,(H,26,31)(H2,24,25,28,30)/t23-/m0/s1. The molecule has 1 aliphatic heterocycles. The van der Waals surface area contributed by atoms with E-state index in [1.165, 1.54) is 0 Å². The summed E-state index contributed by atoms with van der Waals surface area (Å²) in [5.41, 5.74) is 0.155. The van der Waals surface area contributed by atoms with Crippen LogP contribution in [0, 0.1) is 0 Å². The minimum absolute atomic E-state index is 0.234. The summed E-state index contributed by atoms with van der Waals surface area (Å²) in [5, 5.41) is 7.51. The number of carbonyl (C=O) groups excluding carboxylic acids is 4. The molecular formula is C23H26N4O4. The van der Waals surface area contributed by atoms with Gasteiger partial charge >= 0.3 is 12.1 Å². The summed E-state index contributed by atoms with van der Waals surface area (Å²) in [5.74, 6) is -1.27. The van der Waals surface area contributed by atoms with Gasteiger partial charge in [0.25, 0.3) is 5.91 Å². The lowest BCUT2D eigenvalue weighted by Gasteiger charge is -2.27. The molecule has 0 saturated carbocycles. The average molecular weight is 422 g/mol. The molecule has 8 heteroatoms. The second-order valence-corrected chi connectivity index (χ2v) is 7.41. The number of benzene rings is 2. The molecule has 1 aliphatic rings. The van der Waals surface area contributed by atoms with Crippen LogP contribution in [0.1, 0.15) is 30.9 Å². The van der Waals surface area contributed by atoms with E-state index in [1.807, 2.05) is 43.3 Å². The zero-order valence-corrected chi connectivity index (χ0v) is 17.4. The van der Waals surface area contributed by atoms with Crippen LogP contribution in [-0.4, -0.2) is 41.9 Å². The average Bonchev–Trinajstić information content (AvgIpc) is 3.00. The Morgan fingerprint density at radius 3 is 2.29 bits per heavy atom. The maximum absolute atomic E-state index is 13.4. The van der Waals surface area contributed by atoms with Gasteiger partial charge in [0.2, 0.25) is 5.91 Å². The van der Waals surface area contributed by atoms with Gasteiger partial charge in [0.15, 0.2) is 5.54 Å². The molecule has 3 N–H and O–H groups in total. The van der Waals surface area contributed by atoms with Crippen molar-refractivity contribution in [1.29, 1.82) is 0 Å². The molecule has 0 spiro atoms. The van der Waals surface area contributed by atoms with E-state index in [4.69, 9.17) is 0 Å². The molecule has 2 aromatic carbocycles. The molecule has 3 rings (SSSR count). The molecule has 0 bridgehead atoms. The Bertz CT molecular complexity index is 949. The number of rotatable bonds is 8. The maximum atomic E-state index is 13.4. The van der Waals surface area contributed by atoms with Gasteiger partial charge in [0.1, 0.15) is 6.54 Å². The van der Waals surface area contributed by atoms with Gasteiger partial charge in [-0.3, -0.25) is 19.8 Å². The number of hydrogen-bond donors (Lipinski definition) is 3. The fraction of sp³-hybridized carbons (Fsp3) is 0.304. The molecule has 2 aromatic rings. The molecular weight excluding hydrogens is 396 g/mol. The third-order valence-corrected chi connectivity index (χ3v) is 5.12. The van der Waals surface area contributed by atoms with E-state index in [1.54, 1.807) is 24.3 Å². The number of nitrogens with one attached hydrogen (secondary N) is 3. The molecule has 0 radical (unpaired) electrons. The van der Waals surface area contributed by atoms with Crippen LogP contribution in [0.25, 0.3) is 0 Å². The van der Waals surface area contributed by atoms with Crippen molar-refractivity contribution in [2.45, 2.75) is 31.7 Å². The lowest BCUT2D eigenvalue weighted by Crippen LogP contribution is -2.48. The van der Waals surface area contributed by atoms with Crippen molar-refractivity contribution in [2.75, 3.05) is 13.1 Å². The SMILES string of the molecule is CCCCNC(=O)NC(=O)CN1C(=O)N[C@@](Cc2ccccc2)(c2ccccc2)C1=O. The van der Waals surface area contributed by atoms with E-state index in [2.05, 4.69) is 16.0 Å². The predicted octanol–water partition coefficient (Wildman–Crippen LogP) is 2.30. The number of nitrogens with zero attached hydrogens (tertiary/aromatic N) is 1. The second-order valence-electron chi connectivity index (χ2n) is 7.41. The summed E-state index contributed by atoms with van der Waals surface area (Å²) >= 11 is 0.